The van der Waals surface area contributed by atoms with Gasteiger partial charge in [-0.1, -0.05) is 110 Å². The van der Waals surface area contributed by atoms with Crippen LogP contribution in [0.4, 0.5) is 0 Å². The van der Waals surface area contributed by atoms with Crippen LogP contribution in [0.1, 0.15) is 110 Å². The smallest absolute Gasteiger partial charge is 0.125 e. The molecule has 0 atom stereocenters. The second-order valence-corrected chi connectivity index (χ2v) is 6.59. The van der Waals surface area contributed by atoms with Gasteiger partial charge in [0.25, 0.3) is 0 Å². The fourth-order valence-corrected chi connectivity index (χ4v) is 2.82. The molecule has 0 saturated carbocycles. The monoisotopic (exact) mass is 360 g/mol. The minimum atomic E-state index is 0.482. The second-order valence-electron chi connectivity index (χ2n) is 6.59. The normalized spacial score (nSPS) is 10.9. The van der Waals surface area contributed by atoms with E-state index in [1.165, 1.54) is 89.9 Å². The molecule has 5 heteroatoms. The minimum absolute atomic E-state index is 0.482. The Bertz CT molecular complexity index is 248. The topological polar surface area (TPSA) is 46.2 Å². The molecule has 0 bridgehead atoms. The van der Waals surface area contributed by atoms with Gasteiger partial charge >= 0.3 is 0 Å². The summed E-state index contributed by atoms with van der Waals surface area (Å²) in [5.41, 5.74) is 0. The minimum Gasteiger partial charge on any atom is -0.315 e. The molecule has 25 heavy (non-hydrogen) atoms. The zero-order valence-electron chi connectivity index (χ0n) is 16.3. The third-order valence-corrected chi connectivity index (χ3v) is 4.29. The first-order valence-corrected chi connectivity index (χ1v) is 10.3. The van der Waals surface area contributed by atoms with Crippen molar-refractivity contribution in [1.29, 1.82) is 0 Å². The van der Waals surface area contributed by atoms with Gasteiger partial charge in [0.05, 0.1) is 6.61 Å². The van der Waals surface area contributed by atoms with Crippen molar-refractivity contribution in [2.75, 3.05) is 6.61 Å². The summed E-state index contributed by atoms with van der Waals surface area (Å²) < 4.78 is 0. The molecule has 0 unspecified atom stereocenters. The molecule has 0 spiro atoms. The largest absolute Gasteiger partial charge is 0.315 e. The maximum Gasteiger partial charge on any atom is 0.125 e. The Morgan fingerprint density at radius 1 is 0.560 bits per heavy atom. The average molecular weight is 361 g/mol. The van der Waals surface area contributed by atoms with Gasteiger partial charge in [-0.15, -0.1) is 0 Å². The SMILES string of the molecule is C=COOOOOCCCCCCCCCCCCCCCCCC. The molecule has 0 aliphatic rings. The van der Waals surface area contributed by atoms with Crippen LogP contribution in [0.5, 0.6) is 0 Å². The predicted octanol–water partition coefficient (Wildman–Crippen LogP) is 7.13. The van der Waals surface area contributed by atoms with E-state index in [4.69, 9.17) is 4.89 Å². The zero-order chi connectivity index (χ0) is 18.3. The summed E-state index contributed by atoms with van der Waals surface area (Å²) in [6.45, 7) is 6.02. The van der Waals surface area contributed by atoms with E-state index in [1.54, 1.807) is 0 Å². The van der Waals surface area contributed by atoms with Crippen molar-refractivity contribution < 1.29 is 24.9 Å². The molecule has 150 valence electrons. The van der Waals surface area contributed by atoms with Crippen LogP contribution in [0, 0.1) is 0 Å². The highest BCUT2D eigenvalue weighted by Crippen LogP contribution is 2.13. The molecule has 0 aromatic carbocycles. The highest BCUT2D eigenvalue weighted by Gasteiger charge is 1.95. The summed E-state index contributed by atoms with van der Waals surface area (Å²) in [7, 11) is 0. The van der Waals surface area contributed by atoms with Crippen LogP contribution >= 0.6 is 0 Å². The number of rotatable bonds is 22. The summed E-state index contributed by atoms with van der Waals surface area (Å²) in [6.07, 6.45) is 22.6. The van der Waals surface area contributed by atoms with Crippen LogP contribution in [0.25, 0.3) is 0 Å². The van der Waals surface area contributed by atoms with E-state index in [2.05, 4.69) is 33.5 Å². The molecule has 0 saturated heterocycles. The van der Waals surface area contributed by atoms with E-state index in [0.29, 0.717) is 6.61 Å². The second kappa shape index (κ2) is 23.4. The first kappa shape index (κ1) is 24.4. The number of unbranched alkanes of at least 4 members (excludes halogenated alkanes) is 15. The highest BCUT2D eigenvalue weighted by atomic mass is 17.8. The number of hydrogen-bond donors (Lipinski definition) is 0. The van der Waals surface area contributed by atoms with Gasteiger partial charge in [0, 0.05) is 10.1 Å². The van der Waals surface area contributed by atoms with Crippen molar-refractivity contribution in [2.45, 2.75) is 110 Å². The van der Waals surface area contributed by atoms with Crippen molar-refractivity contribution in [3.8, 4) is 0 Å². The third-order valence-electron chi connectivity index (χ3n) is 4.29. The summed E-state index contributed by atoms with van der Waals surface area (Å²) >= 11 is 0. The van der Waals surface area contributed by atoms with Crippen molar-refractivity contribution in [2.24, 2.45) is 0 Å². The number of hydrogen-bond acceptors (Lipinski definition) is 5. The molecule has 5 nitrogen and oxygen atoms in total. The Labute approximate surface area is 154 Å². The molecule has 0 aliphatic heterocycles. The van der Waals surface area contributed by atoms with Crippen LogP contribution in [0.2, 0.25) is 0 Å². The van der Waals surface area contributed by atoms with Crippen molar-refractivity contribution in [3.05, 3.63) is 12.8 Å². The van der Waals surface area contributed by atoms with Crippen LogP contribution < -0.4 is 0 Å². The summed E-state index contributed by atoms with van der Waals surface area (Å²) in [6, 6.07) is 0. The Kier molecular flexibility index (Phi) is 22.8. The van der Waals surface area contributed by atoms with Crippen LogP contribution in [0.3, 0.4) is 0 Å². The molecule has 0 N–H and O–H groups in total. The van der Waals surface area contributed by atoms with Gasteiger partial charge in [0.1, 0.15) is 6.26 Å². The highest BCUT2D eigenvalue weighted by molar-refractivity contribution is 4.49. The molecule has 0 radical (unpaired) electrons. The molecule has 0 aromatic heterocycles. The maximum absolute atomic E-state index is 4.74. The van der Waals surface area contributed by atoms with Crippen LogP contribution in [0.15, 0.2) is 12.8 Å². The van der Waals surface area contributed by atoms with Crippen LogP contribution in [-0.4, -0.2) is 6.61 Å². The van der Waals surface area contributed by atoms with Crippen molar-refractivity contribution in [1.82, 2.24) is 0 Å². The van der Waals surface area contributed by atoms with Crippen LogP contribution in [-0.2, 0) is 24.9 Å². The van der Waals surface area contributed by atoms with Gasteiger partial charge < -0.3 is 4.89 Å². The van der Waals surface area contributed by atoms with Gasteiger partial charge in [-0.2, -0.15) is 0 Å². The predicted molar refractivity (Wildman–Crippen MR) is 100 cm³/mol. The van der Waals surface area contributed by atoms with Crippen molar-refractivity contribution >= 4 is 0 Å². The zero-order valence-corrected chi connectivity index (χ0v) is 16.3. The lowest BCUT2D eigenvalue weighted by molar-refractivity contribution is -0.700. The van der Waals surface area contributed by atoms with Crippen molar-refractivity contribution in [3.63, 3.8) is 0 Å². The summed E-state index contributed by atoms with van der Waals surface area (Å²) in [4.78, 5) is 8.94. The lowest BCUT2D eigenvalue weighted by Crippen LogP contribution is -1.99. The fourth-order valence-electron chi connectivity index (χ4n) is 2.82. The van der Waals surface area contributed by atoms with E-state index in [1.807, 2.05) is 0 Å². The Balaban J connectivity index is 2.95. The van der Waals surface area contributed by atoms with Gasteiger partial charge in [0.15, 0.2) is 0 Å². The summed E-state index contributed by atoms with van der Waals surface area (Å²) in [5.74, 6) is 0. The van der Waals surface area contributed by atoms with E-state index in [-0.39, 0.29) is 0 Å². The Morgan fingerprint density at radius 2 is 1.00 bits per heavy atom. The van der Waals surface area contributed by atoms with E-state index in [9.17, 15) is 0 Å². The standard InChI is InChI=1S/C20H40O5/c1-3-5-6-7-8-9-10-11-12-13-14-15-16-17-18-19-20-22-24-25-23-21-4-2/h4H,2-3,5-20H2,1H3. The van der Waals surface area contributed by atoms with Gasteiger partial charge in [0.2, 0.25) is 0 Å². The van der Waals surface area contributed by atoms with Gasteiger partial charge in [-0.05, 0) is 11.5 Å². The van der Waals surface area contributed by atoms with E-state index in [0.717, 1.165) is 19.1 Å². The third kappa shape index (κ3) is 23.4. The maximum atomic E-state index is 4.74. The first-order valence-electron chi connectivity index (χ1n) is 10.3. The molecule has 0 fully saturated rings. The van der Waals surface area contributed by atoms with E-state index < -0.39 is 0 Å². The molecule has 0 heterocycles. The summed E-state index contributed by atoms with van der Waals surface area (Å²) in [5, 5.41) is 12.4. The molecule has 0 amide bonds. The van der Waals surface area contributed by atoms with Gasteiger partial charge in [-0.25, -0.2) is 4.89 Å². The van der Waals surface area contributed by atoms with Gasteiger partial charge in [-0.3, -0.25) is 0 Å². The molecule has 0 aliphatic carbocycles. The molecule has 0 rings (SSSR count). The lowest BCUT2D eigenvalue weighted by Gasteiger charge is -2.03. The Morgan fingerprint density at radius 3 is 1.44 bits per heavy atom. The molecule has 0 aromatic rings. The Hall–Kier alpha value is -0.620. The molecular weight excluding hydrogens is 320 g/mol. The van der Waals surface area contributed by atoms with E-state index >= 15 is 0 Å². The molecular formula is C20H40O5. The quantitative estimate of drug-likeness (QED) is 0.0889. The average Bonchev–Trinajstić information content (AvgIpc) is 2.63. The lowest BCUT2D eigenvalue weighted by atomic mass is 10.0. The fraction of sp³-hybridized carbons (Fsp3) is 0.900. The first-order chi connectivity index (χ1) is 12.4.